The van der Waals surface area contributed by atoms with E-state index in [9.17, 15) is 0 Å². The Hall–Kier alpha value is -2.55. The molecule has 0 unspecified atom stereocenters. The van der Waals surface area contributed by atoms with E-state index >= 15 is 0 Å². The van der Waals surface area contributed by atoms with Crippen molar-refractivity contribution in [3.05, 3.63) is 59.7 Å². The molecule has 3 nitrogen and oxygen atoms in total. The topological polar surface area (TPSA) is 54.7 Å². The van der Waals surface area contributed by atoms with Gasteiger partial charge in [-0.15, -0.1) is 0 Å². The third kappa shape index (κ3) is 1.41. The summed E-state index contributed by atoms with van der Waals surface area (Å²) in [6, 6.07) is 16.3. The minimum Gasteiger partial charge on any atom is -0.398 e. The van der Waals surface area contributed by atoms with Crippen molar-refractivity contribution >= 4 is 5.69 Å². The van der Waals surface area contributed by atoms with E-state index in [1.54, 1.807) is 0 Å². The maximum atomic E-state index is 6.06. The Morgan fingerprint density at radius 2 is 1.68 bits per heavy atom. The predicted octanol–water partition coefficient (Wildman–Crippen LogP) is 3.23. The summed E-state index contributed by atoms with van der Waals surface area (Å²) in [7, 11) is 0. The third-order valence-corrected chi connectivity index (χ3v) is 3.74. The van der Waals surface area contributed by atoms with E-state index in [4.69, 9.17) is 5.73 Å². The molecule has 0 bridgehead atoms. The molecular formula is C16H13N3. The largest absolute Gasteiger partial charge is 0.398 e. The molecule has 1 aromatic heterocycles. The minimum absolute atomic E-state index is 0.782. The van der Waals surface area contributed by atoms with Crippen molar-refractivity contribution in [3.63, 3.8) is 0 Å². The molecule has 0 amide bonds. The van der Waals surface area contributed by atoms with Gasteiger partial charge in [0, 0.05) is 28.8 Å². The SMILES string of the molecule is Nc1ccccc1-c1[nH]nc2c1Cc1ccccc1-2. The fourth-order valence-corrected chi connectivity index (χ4v) is 2.80. The van der Waals surface area contributed by atoms with E-state index in [1.165, 1.54) is 16.7 Å². The van der Waals surface area contributed by atoms with Gasteiger partial charge in [-0.1, -0.05) is 42.5 Å². The van der Waals surface area contributed by atoms with E-state index < -0.39 is 0 Å². The fraction of sp³-hybridized carbons (Fsp3) is 0.0625. The number of nitrogens with zero attached hydrogens (tertiary/aromatic N) is 1. The molecule has 3 heteroatoms. The van der Waals surface area contributed by atoms with Crippen LogP contribution in [0, 0.1) is 0 Å². The number of para-hydroxylation sites is 1. The summed E-state index contributed by atoms with van der Waals surface area (Å²) < 4.78 is 0. The second-order valence-electron chi connectivity index (χ2n) is 4.85. The number of hydrogen-bond donors (Lipinski definition) is 2. The number of aromatic nitrogens is 2. The van der Waals surface area contributed by atoms with Gasteiger partial charge in [-0.05, 0) is 11.6 Å². The lowest BCUT2D eigenvalue weighted by Crippen LogP contribution is -1.92. The smallest absolute Gasteiger partial charge is 0.0965 e. The van der Waals surface area contributed by atoms with Crippen molar-refractivity contribution in [2.45, 2.75) is 6.42 Å². The van der Waals surface area contributed by atoms with Gasteiger partial charge in [0.1, 0.15) is 0 Å². The molecule has 3 aromatic rings. The van der Waals surface area contributed by atoms with Crippen molar-refractivity contribution in [2.75, 3.05) is 5.73 Å². The van der Waals surface area contributed by atoms with Crippen molar-refractivity contribution in [3.8, 4) is 22.5 Å². The normalized spacial score (nSPS) is 12.2. The summed E-state index contributed by atoms with van der Waals surface area (Å²) in [5.74, 6) is 0. The fourth-order valence-electron chi connectivity index (χ4n) is 2.80. The second-order valence-corrected chi connectivity index (χ2v) is 4.85. The molecule has 0 saturated heterocycles. The maximum absolute atomic E-state index is 6.06. The molecule has 1 heterocycles. The Balaban J connectivity index is 1.92. The number of aromatic amines is 1. The first-order valence-electron chi connectivity index (χ1n) is 6.35. The predicted molar refractivity (Wildman–Crippen MR) is 76.7 cm³/mol. The minimum atomic E-state index is 0.782. The molecule has 0 spiro atoms. The van der Waals surface area contributed by atoms with Gasteiger partial charge in [0.15, 0.2) is 0 Å². The third-order valence-electron chi connectivity index (χ3n) is 3.74. The van der Waals surface area contributed by atoms with Crippen LogP contribution >= 0.6 is 0 Å². The average Bonchev–Trinajstić information content (AvgIpc) is 2.98. The van der Waals surface area contributed by atoms with Crippen LogP contribution in [0.3, 0.4) is 0 Å². The summed E-state index contributed by atoms with van der Waals surface area (Å²) in [6.07, 6.45) is 0.922. The highest BCUT2D eigenvalue weighted by Gasteiger charge is 2.25. The van der Waals surface area contributed by atoms with Gasteiger partial charge in [0.05, 0.1) is 11.4 Å². The van der Waals surface area contributed by atoms with E-state index in [1.807, 2.05) is 24.3 Å². The van der Waals surface area contributed by atoms with Crippen LogP contribution in [0.1, 0.15) is 11.1 Å². The Morgan fingerprint density at radius 1 is 0.947 bits per heavy atom. The van der Waals surface area contributed by atoms with Crippen LogP contribution in [0.15, 0.2) is 48.5 Å². The monoisotopic (exact) mass is 247 g/mol. The van der Waals surface area contributed by atoms with E-state index in [0.717, 1.165) is 29.1 Å². The molecule has 0 saturated carbocycles. The van der Waals surface area contributed by atoms with E-state index in [0.29, 0.717) is 0 Å². The maximum Gasteiger partial charge on any atom is 0.0965 e. The standard InChI is InChI=1S/C16H13N3/c17-14-8-4-3-7-12(14)16-13-9-10-5-1-2-6-11(10)15(13)18-19-16/h1-8H,9,17H2,(H,18,19). The van der Waals surface area contributed by atoms with Crippen LogP contribution in [-0.4, -0.2) is 10.2 Å². The molecule has 3 N–H and O–H groups in total. The number of anilines is 1. The Bertz CT molecular complexity index is 771. The van der Waals surface area contributed by atoms with Crippen molar-refractivity contribution in [1.82, 2.24) is 10.2 Å². The molecule has 0 radical (unpaired) electrons. The molecule has 92 valence electrons. The lowest BCUT2D eigenvalue weighted by molar-refractivity contribution is 1.09. The van der Waals surface area contributed by atoms with Gasteiger partial charge in [-0.25, -0.2) is 0 Å². The number of fused-ring (bicyclic) bond motifs is 3. The zero-order valence-corrected chi connectivity index (χ0v) is 10.4. The molecule has 2 aromatic carbocycles. The van der Waals surface area contributed by atoms with Gasteiger partial charge >= 0.3 is 0 Å². The number of H-pyrrole nitrogens is 1. The first-order valence-corrected chi connectivity index (χ1v) is 6.35. The second kappa shape index (κ2) is 3.72. The lowest BCUT2D eigenvalue weighted by atomic mass is 10.0. The Kier molecular flexibility index (Phi) is 2.03. The Morgan fingerprint density at radius 3 is 2.53 bits per heavy atom. The number of nitrogen functional groups attached to an aromatic ring is 1. The van der Waals surface area contributed by atoms with Crippen LogP contribution in [-0.2, 0) is 6.42 Å². The lowest BCUT2D eigenvalue weighted by Gasteiger charge is -2.04. The summed E-state index contributed by atoms with van der Waals surface area (Å²) in [5, 5.41) is 7.62. The zero-order chi connectivity index (χ0) is 12.8. The highest BCUT2D eigenvalue weighted by atomic mass is 15.1. The first-order chi connectivity index (χ1) is 9.34. The zero-order valence-electron chi connectivity index (χ0n) is 10.4. The van der Waals surface area contributed by atoms with Gasteiger partial charge in [0.2, 0.25) is 0 Å². The highest BCUT2D eigenvalue weighted by Crippen LogP contribution is 2.40. The summed E-state index contributed by atoms with van der Waals surface area (Å²) in [4.78, 5) is 0. The molecule has 1 aliphatic carbocycles. The first kappa shape index (κ1) is 10.4. The molecule has 0 fully saturated rings. The van der Waals surface area contributed by atoms with E-state index in [-0.39, 0.29) is 0 Å². The summed E-state index contributed by atoms with van der Waals surface area (Å²) >= 11 is 0. The van der Waals surface area contributed by atoms with Crippen LogP contribution in [0.5, 0.6) is 0 Å². The molecule has 19 heavy (non-hydrogen) atoms. The Labute approximate surface area is 111 Å². The molecule has 4 rings (SSSR count). The number of nitrogens with two attached hydrogens (primary N) is 1. The van der Waals surface area contributed by atoms with Gasteiger partial charge in [0.25, 0.3) is 0 Å². The van der Waals surface area contributed by atoms with Crippen LogP contribution in [0.2, 0.25) is 0 Å². The number of nitrogens with one attached hydrogen (secondary N) is 1. The van der Waals surface area contributed by atoms with Crippen molar-refractivity contribution < 1.29 is 0 Å². The van der Waals surface area contributed by atoms with Crippen molar-refractivity contribution in [1.29, 1.82) is 0 Å². The highest BCUT2D eigenvalue weighted by molar-refractivity contribution is 5.84. The van der Waals surface area contributed by atoms with Gasteiger partial charge in [-0.3, -0.25) is 5.10 Å². The number of benzene rings is 2. The van der Waals surface area contributed by atoms with Crippen LogP contribution in [0.4, 0.5) is 5.69 Å². The molecular weight excluding hydrogens is 234 g/mol. The molecule has 0 atom stereocenters. The van der Waals surface area contributed by atoms with E-state index in [2.05, 4.69) is 34.5 Å². The summed E-state index contributed by atoms with van der Waals surface area (Å²) in [5.41, 5.74) is 13.8. The van der Waals surface area contributed by atoms with Crippen LogP contribution < -0.4 is 5.73 Å². The average molecular weight is 247 g/mol. The van der Waals surface area contributed by atoms with Crippen molar-refractivity contribution in [2.24, 2.45) is 0 Å². The summed E-state index contributed by atoms with van der Waals surface area (Å²) in [6.45, 7) is 0. The number of hydrogen-bond acceptors (Lipinski definition) is 2. The van der Waals surface area contributed by atoms with Gasteiger partial charge < -0.3 is 5.73 Å². The van der Waals surface area contributed by atoms with Gasteiger partial charge in [-0.2, -0.15) is 5.10 Å². The quantitative estimate of drug-likeness (QED) is 0.507. The molecule has 0 aliphatic heterocycles. The van der Waals surface area contributed by atoms with Crippen LogP contribution in [0.25, 0.3) is 22.5 Å². The number of rotatable bonds is 1. The molecule has 1 aliphatic rings.